The molecule has 1 aliphatic rings. The number of aromatic nitrogens is 1. The smallest absolute Gasteiger partial charge is 0.254 e. The number of amides is 1. The molecule has 1 saturated heterocycles. The van der Waals surface area contributed by atoms with Crippen molar-refractivity contribution in [2.24, 2.45) is 0 Å². The average molecular weight is 397 g/mol. The Morgan fingerprint density at radius 2 is 2.07 bits per heavy atom. The number of thiazole rings is 1. The standard InChI is InChI=1S/C22H24N2O3S/c1-15(21-23-19-7-3-4-8-20(19)28-21)24(2)22(25)16-9-11-17(12-10-16)27-14-18-6-5-13-26-18/h3-4,7-12,15,18H,5-6,13-14H2,1-2H3. The van der Waals surface area contributed by atoms with E-state index in [-0.39, 0.29) is 18.1 Å². The molecule has 2 atom stereocenters. The third kappa shape index (κ3) is 4.03. The highest BCUT2D eigenvalue weighted by Gasteiger charge is 2.22. The van der Waals surface area contributed by atoms with Crippen LogP contribution < -0.4 is 4.74 Å². The van der Waals surface area contributed by atoms with Gasteiger partial charge in [0, 0.05) is 19.2 Å². The Bertz CT molecular complexity index is 915. The topological polar surface area (TPSA) is 51.7 Å². The monoisotopic (exact) mass is 396 g/mol. The molecular formula is C22H24N2O3S. The third-order valence-electron chi connectivity index (χ3n) is 5.13. The van der Waals surface area contributed by atoms with Crippen LogP contribution in [0.25, 0.3) is 10.2 Å². The van der Waals surface area contributed by atoms with Crippen LogP contribution in [-0.4, -0.2) is 42.2 Å². The van der Waals surface area contributed by atoms with Crippen molar-refractivity contribution < 1.29 is 14.3 Å². The minimum Gasteiger partial charge on any atom is -0.491 e. The summed E-state index contributed by atoms with van der Waals surface area (Å²) in [5, 5.41) is 0.938. The fourth-order valence-corrected chi connectivity index (χ4v) is 4.34. The molecule has 3 aromatic rings. The second-order valence-electron chi connectivity index (χ2n) is 7.08. The van der Waals surface area contributed by atoms with Gasteiger partial charge in [-0.05, 0) is 56.2 Å². The van der Waals surface area contributed by atoms with E-state index in [4.69, 9.17) is 9.47 Å². The zero-order chi connectivity index (χ0) is 19.5. The maximum atomic E-state index is 12.9. The maximum absolute atomic E-state index is 12.9. The first kappa shape index (κ1) is 18.9. The summed E-state index contributed by atoms with van der Waals surface area (Å²) in [4.78, 5) is 19.3. The van der Waals surface area contributed by atoms with Gasteiger partial charge in [-0.15, -0.1) is 11.3 Å². The molecule has 1 amide bonds. The predicted octanol–water partition coefficient (Wildman–Crippen LogP) is 4.69. The van der Waals surface area contributed by atoms with Gasteiger partial charge in [0.25, 0.3) is 5.91 Å². The molecule has 5 nitrogen and oxygen atoms in total. The fraction of sp³-hybridized carbons (Fsp3) is 0.364. The van der Waals surface area contributed by atoms with Crippen LogP contribution in [0.3, 0.4) is 0 Å². The normalized spacial score (nSPS) is 17.6. The molecule has 1 aliphatic heterocycles. The van der Waals surface area contributed by atoms with Crippen LogP contribution in [0.5, 0.6) is 5.75 Å². The first-order valence-corrected chi connectivity index (χ1v) is 10.4. The van der Waals surface area contributed by atoms with E-state index in [0.717, 1.165) is 40.4 Å². The Balaban J connectivity index is 1.40. The lowest BCUT2D eigenvalue weighted by Gasteiger charge is -2.23. The Morgan fingerprint density at radius 1 is 1.29 bits per heavy atom. The molecule has 146 valence electrons. The molecule has 0 aliphatic carbocycles. The van der Waals surface area contributed by atoms with Gasteiger partial charge in [0.05, 0.1) is 22.4 Å². The predicted molar refractivity (Wildman–Crippen MR) is 111 cm³/mol. The average Bonchev–Trinajstić information content (AvgIpc) is 3.40. The Hall–Kier alpha value is -2.44. The van der Waals surface area contributed by atoms with Crippen molar-refractivity contribution in [3.05, 3.63) is 59.1 Å². The van der Waals surface area contributed by atoms with Gasteiger partial charge < -0.3 is 14.4 Å². The summed E-state index contributed by atoms with van der Waals surface area (Å²) in [5.41, 5.74) is 1.61. The van der Waals surface area contributed by atoms with E-state index in [2.05, 4.69) is 11.1 Å². The molecule has 0 radical (unpaired) electrons. The summed E-state index contributed by atoms with van der Waals surface area (Å²) in [6.45, 7) is 3.39. The number of carbonyl (C=O) groups excluding carboxylic acids is 1. The van der Waals surface area contributed by atoms with Crippen molar-refractivity contribution in [2.45, 2.75) is 31.9 Å². The molecule has 1 aromatic heterocycles. The minimum atomic E-state index is -0.0969. The van der Waals surface area contributed by atoms with Gasteiger partial charge in [-0.1, -0.05) is 12.1 Å². The molecule has 0 saturated carbocycles. The largest absolute Gasteiger partial charge is 0.491 e. The maximum Gasteiger partial charge on any atom is 0.254 e. The van der Waals surface area contributed by atoms with Crippen LogP contribution in [0, 0.1) is 0 Å². The van der Waals surface area contributed by atoms with Crippen molar-refractivity contribution in [2.75, 3.05) is 20.3 Å². The second-order valence-corrected chi connectivity index (χ2v) is 8.14. The molecule has 4 rings (SSSR count). The second kappa shape index (κ2) is 8.29. The first-order chi connectivity index (χ1) is 13.6. The zero-order valence-electron chi connectivity index (χ0n) is 16.1. The summed E-state index contributed by atoms with van der Waals surface area (Å²) in [6.07, 6.45) is 2.33. The van der Waals surface area contributed by atoms with Gasteiger partial charge in [0.15, 0.2) is 0 Å². The van der Waals surface area contributed by atoms with E-state index in [1.807, 2.05) is 56.4 Å². The first-order valence-electron chi connectivity index (χ1n) is 9.59. The number of benzene rings is 2. The number of nitrogens with zero attached hydrogens (tertiary/aromatic N) is 2. The summed E-state index contributed by atoms with van der Waals surface area (Å²) in [6, 6.07) is 15.3. The molecular weight excluding hydrogens is 372 g/mol. The van der Waals surface area contributed by atoms with E-state index in [9.17, 15) is 4.79 Å². The molecule has 0 spiro atoms. The van der Waals surface area contributed by atoms with Crippen LogP contribution in [0.2, 0.25) is 0 Å². The lowest BCUT2D eigenvalue weighted by atomic mass is 10.1. The highest BCUT2D eigenvalue weighted by atomic mass is 32.1. The number of carbonyl (C=O) groups is 1. The molecule has 2 heterocycles. The molecule has 0 bridgehead atoms. The summed E-state index contributed by atoms with van der Waals surface area (Å²) in [7, 11) is 1.82. The van der Waals surface area contributed by atoms with Crippen LogP contribution in [0.4, 0.5) is 0 Å². The van der Waals surface area contributed by atoms with Crippen molar-refractivity contribution in [3.8, 4) is 5.75 Å². The van der Waals surface area contributed by atoms with Crippen LogP contribution in [-0.2, 0) is 4.74 Å². The molecule has 28 heavy (non-hydrogen) atoms. The number of para-hydroxylation sites is 1. The number of fused-ring (bicyclic) bond motifs is 1. The molecule has 6 heteroatoms. The van der Waals surface area contributed by atoms with E-state index >= 15 is 0 Å². The Morgan fingerprint density at radius 3 is 2.79 bits per heavy atom. The van der Waals surface area contributed by atoms with Crippen LogP contribution >= 0.6 is 11.3 Å². The van der Waals surface area contributed by atoms with Crippen LogP contribution in [0.1, 0.15) is 41.2 Å². The van der Waals surface area contributed by atoms with Gasteiger partial charge >= 0.3 is 0 Å². The minimum absolute atomic E-state index is 0.0302. The summed E-state index contributed by atoms with van der Waals surface area (Å²) >= 11 is 1.63. The SMILES string of the molecule is CC(c1nc2ccccc2s1)N(C)C(=O)c1ccc(OCC2CCCO2)cc1. The molecule has 2 aromatic carbocycles. The molecule has 1 fully saturated rings. The zero-order valence-corrected chi connectivity index (χ0v) is 16.9. The highest BCUT2D eigenvalue weighted by Crippen LogP contribution is 2.29. The van der Waals surface area contributed by atoms with Gasteiger partial charge in [-0.3, -0.25) is 4.79 Å². The van der Waals surface area contributed by atoms with E-state index in [0.29, 0.717) is 12.2 Å². The van der Waals surface area contributed by atoms with Gasteiger partial charge in [-0.25, -0.2) is 4.98 Å². The lowest BCUT2D eigenvalue weighted by Crippen LogP contribution is -2.29. The van der Waals surface area contributed by atoms with E-state index in [1.165, 1.54) is 0 Å². The van der Waals surface area contributed by atoms with Gasteiger partial charge in [-0.2, -0.15) is 0 Å². The van der Waals surface area contributed by atoms with Gasteiger partial charge in [0.2, 0.25) is 0 Å². The number of rotatable bonds is 6. The number of hydrogen-bond donors (Lipinski definition) is 0. The van der Waals surface area contributed by atoms with Crippen molar-refractivity contribution >= 4 is 27.5 Å². The van der Waals surface area contributed by atoms with Crippen molar-refractivity contribution in [1.29, 1.82) is 0 Å². The number of hydrogen-bond acceptors (Lipinski definition) is 5. The number of ether oxygens (including phenoxy) is 2. The van der Waals surface area contributed by atoms with Crippen molar-refractivity contribution in [3.63, 3.8) is 0 Å². The quantitative estimate of drug-likeness (QED) is 0.607. The van der Waals surface area contributed by atoms with Crippen LogP contribution in [0.15, 0.2) is 48.5 Å². The Kier molecular flexibility index (Phi) is 5.59. The third-order valence-corrected chi connectivity index (χ3v) is 6.34. The Labute approximate surface area is 168 Å². The molecule has 0 N–H and O–H groups in total. The van der Waals surface area contributed by atoms with Gasteiger partial charge in [0.1, 0.15) is 17.4 Å². The molecule has 2 unspecified atom stereocenters. The summed E-state index contributed by atoms with van der Waals surface area (Å²) < 4.78 is 12.5. The van der Waals surface area contributed by atoms with Crippen molar-refractivity contribution in [1.82, 2.24) is 9.88 Å². The van der Waals surface area contributed by atoms with E-state index < -0.39 is 0 Å². The summed E-state index contributed by atoms with van der Waals surface area (Å²) in [5.74, 6) is 0.728. The fourth-order valence-electron chi connectivity index (χ4n) is 3.27. The van der Waals surface area contributed by atoms with E-state index in [1.54, 1.807) is 16.2 Å². The lowest BCUT2D eigenvalue weighted by molar-refractivity contribution is 0.0678. The highest BCUT2D eigenvalue weighted by molar-refractivity contribution is 7.18.